The van der Waals surface area contributed by atoms with Crippen molar-refractivity contribution in [3.8, 4) is 0 Å². The summed E-state index contributed by atoms with van der Waals surface area (Å²) in [7, 11) is 0. The highest BCUT2D eigenvalue weighted by molar-refractivity contribution is 7.10. The number of likely N-dealkylation sites (tertiary alicyclic amines) is 1. The predicted octanol–water partition coefficient (Wildman–Crippen LogP) is 1.07. The molecule has 3 heterocycles. The third kappa shape index (κ3) is 2.64. The molecule has 1 amide bonds. The highest BCUT2D eigenvalue weighted by atomic mass is 32.1. The summed E-state index contributed by atoms with van der Waals surface area (Å²) in [5, 5.41) is 11.7. The van der Waals surface area contributed by atoms with Crippen LogP contribution in [0.15, 0.2) is 0 Å². The van der Waals surface area contributed by atoms with Gasteiger partial charge in [0.05, 0.1) is 5.92 Å². The van der Waals surface area contributed by atoms with Crippen LogP contribution in [0.1, 0.15) is 31.9 Å². The van der Waals surface area contributed by atoms with Gasteiger partial charge < -0.3 is 10.6 Å². The zero-order valence-corrected chi connectivity index (χ0v) is 12.6. The zero-order valence-electron chi connectivity index (χ0n) is 11.8. The molecule has 0 spiro atoms. The van der Waals surface area contributed by atoms with Crippen LogP contribution in [-0.2, 0) is 11.3 Å². The van der Waals surface area contributed by atoms with Crippen LogP contribution < -0.4 is 10.6 Å². The topological polar surface area (TPSA) is 70.2 Å². The van der Waals surface area contributed by atoms with E-state index in [0.29, 0.717) is 6.04 Å². The Hall–Kier alpha value is -1.21. The second-order valence-corrected chi connectivity index (χ2v) is 6.26. The summed E-state index contributed by atoms with van der Waals surface area (Å²) in [4.78, 5) is 14.2. The molecule has 2 N–H and O–H groups in total. The Morgan fingerprint density at radius 1 is 1.55 bits per heavy atom. The Morgan fingerprint density at radius 3 is 3.30 bits per heavy atom. The molecule has 1 aromatic heterocycles. The van der Waals surface area contributed by atoms with E-state index in [4.69, 9.17) is 0 Å². The summed E-state index contributed by atoms with van der Waals surface area (Å²) in [5.74, 6) is 0.392. The van der Waals surface area contributed by atoms with Crippen LogP contribution in [-0.4, -0.2) is 46.1 Å². The van der Waals surface area contributed by atoms with Gasteiger partial charge in [0.25, 0.3) is 0 Å². The van der Waals surface area contributed by atoms with Gasteiger partial charge in [-0.1, -0.05) is 11.4 Å². The molecular weight excluding hydrogens is 274 g/mol. The molecule has 0 aliphatic carbocycles. The second kappa shape index (κ2) is 6.05. The number of carbonyl (C=O) groups is 1. The first-order valence-electron chi connectivity index (χ1n) is 7.36. The first kappa shape index (κ1) is 13.8. The molecule has 0 saturated carbocycles. The maximum atomic E-state index is 11.8. The summed E-state index contributed by atoms with van der Waals surface area (Å²) in [6.45, 7) is 5.70. The lowest BCUT2D eigenvalue weighted by Crippen LogP contribution is -2.45. The number of piperidine rings is 1. The first-order chi connectivity index (χ1) is 9.79. The number of amides is 1. The van der Waals surface area contributed by atoms with E-state index in [9.17, 15) is 4.79 Å². The number of carbonyl (C=O) groups excluding carboxylic acids is 1. The number of rotatable bonds is 5. The molecule has 6 nitrogen and oxygen atoms in total. The minimum Gasteiger partial charge on any atom is -0.374 e. The molecule has 2 atom stereocenters. The van der Waals surface area contributed by atoms with Gasteiger partial charge in [0.2, 0.25) is 5.91 Å². The Balaban J connectivity index is 1.68. The number of hydrogen-bond acceptors (Lipinski definition) is 6. The van der Waals surface area contributed by atoms with Crippen LogP contribution in [0.2, 0.25) is 0 Å². The highest BCUT2D eigenvalue weighted by Gasteiger charge is 2.40. The van der Waals surface area contributed by atoms with Crippen molar-refractivity contribution in [2.75, 3.05) is 25.0 Å². The molecule has 2 saturated heterocycles. The fraction of sp³-hybridized carbons (Fsp3) is 0.769. The van der Waals surface area contributed by atoms with Crippen molar-refractivity contribution >= 4 is 22.4 Å². The van der Waals surface area contributed by atoms with E-state index in [1.807, 2.05) is 0 Å². The van der Waals surface area contributed by atoms with Gasteiger partial charge in [-0.05, 0) is 25.8 Å². The predicted molar refractivity (Wildman–Crippen MR) is 78.6 cm³/mol. The van der Waals surface area contributed by atoms with Gasteiger partial charge >= 0.3 is 0 Å². The molecule has 7 heteroatoms. The number of fused-ring (bicyclic) bond motifs is 1. The van der Waals surface area contributed by atoms with Gasteiger partial charge in [-0.15, -0.1) is 5.10 Å². The molecule has 2 fully saturated rings. The Morgan fingerprint density at radius 2 is 2.45 bits per heavy atom. The fourth-order valence-electron chi connectivity index (χ4n) is 3.11. The Bertz CT molecular complexity index is 477. The zero-order chi connectivity index (χ0) is 13.9. The normalized spacial score (nSPS) is 26.4. The Labute approximate surface area is 123 Å². The fourth-order valence-corrected chi connectivity index (χ4v) is 3.71. The summed E-state index contributed by atoms with van der Waals surface area (Å²) in [6.07, 6.45) is 3.19. The number of anilines is 1. The van der Waals surface area contributed by atoms with Gasteiger partial charge in [-0.3, -0.25) is 9.69 Å². The van der Waals surface area contributed by atoms with Crippen LogP contribution in [0.25, 0.3) is 0 Å². The van der Waals surface area contributed by atoms with Gasteiger partial charge in [-0.2, -0.15) is 0 Å². The van der Waals surface area contributed by atoms with E-state index >= 15 is 0 Å². The highest BCUT2D eigenvalue weighted by Crippen LogP contribution is 2.30. The van der Waals surface area contributed by atoms with Crippen molar-refractivity contribution in [1.29, 1.82) is 0 Å². The van der Waals surface area contributed by atoms with E-state index in [-0.39, 0.29) is 11.8 Å². The van der Waals surface area contributed by atoms with Crippen molar-refractivity contribution in [2.24, 2.45) is 5.92 Å². The maximum Gasteiger partial charge on any atom is 0.224 e. The molecule has 2 aliphatic rings. The molecule has 1 aromatic rings. The summed E-state index contributed by atoms with van der Waals surface area (Å²) >= 11 is 1.42. The van der Waals surface area contributed by atoms with E-state index in [2.05, 4.69) is 32.0 Å². The lowest BCUT2D eigenvalue weighted by Gasteiger charge is -2.35. The van der Waals surface area contributed by atoms with Crippen LogP contribution in [0, 0.1) is 5.92 Å². The van der Waals surface area contributed by atoms with E-state index in [1.165, 1.54) is 11.5 Å². The number of aromatic nitrogens is 2. The average molecular weight is 295 g/mol. The van der Waals surface area contributed by atoms with E-state index < -0.39 is 0 Å². The lowest BCUT2D eigenvalue weighted by molar-refractivity contribution is -0.124. The number of hydrogen-bond donors (Lipinski definition) is 2. The quantitative estimate of drug-likeness (QED) is 0.850. The van der Waals surface area contributed by atoms with Crippen LogP contribution >= 0.6 is 11.5 Å². The van der Waals surface area contributed by atoms with Gasteiger partial charge in [0.1, 0.15) is 10.7 Å². The third-order valence-electron chi connectivity index (χ3n) is 4.16. The first-order valence-corrected chi connectivity index (χ1v) is 8.13. The molecule has 110 valence electrons. The molecular formula is C13H21N5OS. The molecule has 0 aromatic carbocycles. The van der Waals surface area contributed by atoms with Crippen LogP contribution in [0.5, 0.6) is 0 Å². The van der Waals surface area contributed by atoms with Gasteiger partial charge in [0.15, 0.2) is 0 Å². The monoisotopic (exact) mass is 295 g/mol. The maximum absolute atomic E-state index is 11.8. The molecule has 3 rings (SSSR count). The van der Waals surface area contributed by atoms with Crippen LogP contribution in [0.3, 0.4) is 0 Å². The Kier molecular flexibility index (Phi) is 4.16. The average Bonchev–Trinajstić information content (AvgIpc) is 3.05. The van der Waals surface area contributed by atoms with Gasteiger partial charge in [-0.25, -0.2) is 0 Å². The van der Waals surface area contributed by atoms with Crippen molar-refractivity contribution in [1.82, 2.24) is 19.8 Å². The molecule has 2 unspecified atom stereocenters. The molecule has 0 radical (unpaired) electrons. The smallest absolute Gasteiger partial charge is 0.224 e. The summed E-state index contributed by atoms with van der Waals surface area (Å²) < 4.78 is 4.06. The van der Waals surface area contributed by atoms with Crippen molar-refractivity contribution in [2.45, 2.75) is 38.8 Å². The number of nitrogens with one attached hydrogen (secondary N) is 2. The van der Waals surface area contributed by atoms with E-state index in [0.717, 1.165) is 56.1 Å². The molecule has 2 aliphatic heterocycles. The minimum absolute atomic E-state index is 0.169. The standard InChI is InChI=1S/C13H21N5OS/c1-2-5-14-13-10(16-17-20-13)8-18-6-3-4-9-11(18)7-15-12(9)19/h9,11,14H,2-8H2,1H3,(H,15,19). The largest absolute Gasteiger partial charge is 0.374 e. The van der Waals surface area contributed by atoms with Crippen LogP contribution in [0.4, 0.5) is 5.00 Å². The lowest BCUT2D eigenvalue weighted by atomic mass is 9.91. The van der Waals surface area contributed by atoms with Crippen molar-refractivity contribution in [3.63, 3.8) is 0 Å². The summed E-state index contributed by atoms with van der Waals surface area (Å²) in [5.41, 5.74) is 1.02. The third-order valence-corrected chi connectivity index (χ3v) is 4.89. The summed E-state index contributed by atoms with van der Waals surface area (Å²) in [6, 6.07) is 0.331. The van der Waals surface area contributed by atoms with E-state index in [1.54, 1.807) is 0 Å². The van der Waals surface area contributed by atoms with Crippen molar-refractivity contribution < 1.29 is 4.79 Å². The second-order valence-electron chi connectivity index (χ2n) is 5.51. The minimum atomic E-state index is 0.169. The molecule has 0 bridgehead atoms. The number of nitrogens with zero attached hydrogens (tertiary/aromatic N) is 3. The molecule has 20 heavy (non-hydrogen) atoms. The SMILES string of the molecule is CCCNc1snnc1CN1CCCC2C(=O)NCC21. The van der Waals surface area contributed by atoms with Gasteiger partial charge in [0, 0.05) is 37.2 Å². The van der Waals surface area contributed by atoms with Crippen molar-refractivity contribution in [3.05, 3.63) is 5.69 Å².